The topological polar surface area (TPSA) is 118 Å². The van der Waals surface area contributed by atoms with Gasteiger partial charge in [-0.05, 0) is 36.4 Å². The summed E-state index contributed by atoms with van der Waals surface area (Å²) < 4.78 is 0. The number of urea groups is 1. The minimum atomic E-state index is -0.377. The Morgan fingerprint density at radius 2 is 1.81 bits per heavy atom. The fraction of sp³-hybridized carbons (Fsp3) is 0.174. The number of anilines is 3. The van der Waals surface area contributed by atoms with E-state index in [0.29, 0.717) is 22.4 Å². The van der Waals surface area contributed by atoms with Gasteiger partial charge in [0.1, 0.15) is 12.1 Å². The lowest BCUT2D eigenvalue weighted by Gasteiger charge is -2.21. The number of fused-ring (bicyclic) bond motifs is 1. The number of terminal acetylenes is 1. The van der Waals surface area contributed by atoms with Gasteiger partial charge in [0.25, 0.3) is 0 Å². The van der Waals surface area contributed by atoms with Crippen LogP contribution in [0.25, 0.3) is 10.9 Å². The van der Waals surface area contributed by atoms with Crippen molar-refractivity contribution in [2.24, 2.45) is 0 Å². The van der Waals surface area contributed by atoms with Crippen molar-refractivity contribution in [2.75, 3.05) is 23.7 Å². The van der Waals surface area contributed by atoms with Crippen LogP contribution >= 0.6 is 0 Å². The van der Waals surface area contributed by atoms with Crippen molar-refractivity contribution in [2.45, 2.75) is 12.8 Å². The summed E-state index contributed by atoms with van der Waals surface area (Å²) in [6, 6.07) is 16.3. The third-order valence-corrected chi connectivity index (χ3v) is 4.45. The van der Waals surface area contributed by atoms with Gasteiger partial charge in [-0.1, -0.05) is 12.0 Å². The normalized spacial score (nSPS) is 9.84. The molecule has 1 heterocycles. The van der Waals surface area contributed by atoms with Crippen LogP contribution < -0.4 is 10.6 Å². The lowest BCUT2D eigenvalue weighted by Crippen LogP contribution is -2.36. The summed E-state index contributed by atoms with van der Waals surface area (Å²) in [6.45, 7) is 0.498. The highest BCUT2D eigenvalue weighted by Crippen LogP contribution is 2.26. The first-order chi connectivity index (χ1) is 15.1. The Labute approximate surface area is 180 Å². The minimum absolute atomic E-state index is 0.190. The number of nitrogens with zero attached hydrogens (tertiary/aromatic N) is 5. The molecule has 0 spiro atoms. The first-order valence-electron chi connectivity index (χ1n) is 9.53. The molecule has 0 aliphatic heterocycles. The molecular weight excluding hydrogens is 390 g/mol. The van der Waals surface area contributed by atoms with E-state index < -0.39 is 0 Å². The summed E-state index contributed by atoms with van der Waals surface area (Å²) in [7, 11) is 0. The zero-order valence-corrected chi connectivity index (χ0v) is 16.7. The van der Waals surface area contributed by atoms with E-state index in [-0.39, 0.29) is 32.0 Å². The Hall–Kier alpha value is -4.61. The molecule has 0 saturated heterocycles. The average molecular weight is 409 g/mol. The molecule has 1 aromatic heterocycles. The predicted molar refractivity (Wildman–Crippen MR) is 118 cm³/mol. The van der Waals surface area contributed by atoms with E-state index in [1.807, 2.05) is 36.4 Å². The second-order valence-electron chi connectivity index (χ2n) is 6.54. The number of amides is 2. The highest BCUT2D eigenvalue weighted by molar-refractivity contribution is 5.96. The number of benzene rings is 2. The van der Waals surface area contributed by atoms with Crippen molar-refractivity contribution in [3.63, 3.8) is 0 Å². The van der Waals surface area contributed by atoms with Crippen molar-refractivity contribution < 1.29 is 4.79 Å². The molecule has 3 rings (SSSR count). The highest BCUT2D eigenvalue weighted by atomic mass is 16.2. The van der Waals surface area contributed by atoms with Gasteiger partial charge < -0.3 is 15.5 Å². The number of rotatable bonds is 7. The molecule has 0 atom stereocenters. The molecule has 0 unspecified atom stereocenters. The fourth-order valence-corrected chi connectivity index (χ4v) is 2.94. The van der Waals surface area contributed by atoms with E-state index in [0.717, 1.165) is 11.3 Å². The zero-order chi connectivity index (χ0) is 22.1. The van der Waals surface area contributed by atoms with Gasteiger partial charge in [0.15, 0.2) is 0 Å². The Bertz CT molecular complexity index is 1200. The predicted octanol–water partition coefficient (Wildman–Crippen LogP) is 4.02. The Balaban J connectivity index is 1.85. The monoisotopic (exact) mass is 409 g/mol. The van der Waals surface area contributed by atoms with Crippen LogP contribution in [-0.2, 0) is 0 Å². The smallest absolute Gasteiger partial charge is 0.321 e. The van der Waals surface area contributed by atoms with E-state index in [9.17, 15) is 4.79 Å². The molecule has 0 fully saturated rings. The Kier molecular flexibility index (Phi) is 6.98. The van der Waals surface area contributed by atoms with Crippen LogP contribution in [-0.4, -0.2) is 34.0 Å². The minimum Gasteiger partial charge on any atom is -0.340 e. The number of carbonyl (C=O) groups excluding carboxylic acids is 1. The summed E-state index contributed by atoms with van der Waals surface area (Å²) in [5.74, 6) is 3.17. The molecular formula is C23H19N7O. The second kappa shape index (κ2) is 10.2. The maximum atomic E-state index is 12.6. The molecule has 2 amide bonds. The molecule has 2 aromatic carbocycles. The van der Waals surface area contributed by atoms with Crippen molar-refractivity contribution in [3.8, 4) is 24.5 Å². The van der Waals surface area contributed by atoms with Gasteiger partial charge in [-0.3, -0.25) is 0 Å². The van der Waals surface area contributed by atoms with Gasteiger partial charge in [-0.25, -0.2) is 14.8 Å². The third kappa shape index (κ3) is 5.47. The molecule has 31 heavy (non-hydrogen) atoms. The Morgan fingerprint density at radius 3 is 2.52 bits per heavy atom. The van der Waals surface area contributed by atoms with Gasteiger partial charge >= 0.3 is 6.03 Å². The number of aromatic nitrogens is 2. The molecule has 2 N–H and O–H groups in total. The lowest BCUT2D eigenvalue weighted by atomic mass is 10.2. The quantitative estimate of drug-likeness (QED) is 0.569. The molecule has 0 radical (unpaired) electrons. The molecule has 0 bridgehead atoms. The molecule has 0 aliphatic carbocycles. The standard InChI is InChI=1S/C23H19N7O/c1-2-17-6-3-7-18(14-17)28-22-20-15-19(8-9-21(20)26-16-27-22)29-23(31)30(12-4-10-24)13-5-11-25/h1,3,6-9,14-16H,4-5,12-13H2,(H,29,31)(H,26,27,28). The van der Waals surface area contributed by atoms with Crippen LogP contribution in [0, 0.1) is 35.0 Å². The number of nitrogens with one attached hydrogen (secondary N) is 2. The van der Waals surface area contributed by atoms with Gasteiger partial charge in [0.05, 0.1) is 30.5 Å². The molecule has 152 valence electrons. The van der Waals surface area contributed by atoms with E-state index in [4.69, 9.17) is 16.9 Å². The van der Waals surface area contributed by atoms with Crippen molar-refractivity contribution in [1.82, 2.24) is 14.9 Å². The summed E-state index contributed by atoms with van der Waals surface area (Å²) in [4.78, 5) is 22.7. The highest BCUT2D eigenvalue weighted by Gasteiger charge is 2.14. The zero-order valence-electron chi connectivity index (χ0n) is 16.7. The van der Waals surface area contributed by atoms with Gasteiger partial charge in [0, 0.05) is 35.4 Å². The fourth-order valence-electron chi connectivity index (χ4n) is 2.94. The van der Waals surface area contributed by atoms with E-state index in [1.165, 1.54) is 11.2 Å². The average Bonchev–Trinajstić information content (AvgIpc) is 2.79. The van der Waals surface area contributed by atoms with Crippen molar-refractivity contribution in [3.05, 3.63) is 54.4 Å². The van der Waals surface area contributed by atoms with Crippen LogP contribution in [0.3, 0.4) is 0 Å². The Morgan fingerprint density at radius 1 is 1.03 bits per heavy atom. The van der Waals surface area contributed by atoms with Gasteiger partial charge in [-0.15, -0.1) is 6.42 Å². The molecule has 3 aromatic rings. The van der Waals surface area contributed by atoms with E-state index in [1.54, 1.807) is 18.2 Å². The summed E-state index contributed by atoms with van der Waals surface area (Å²) in [5, 5.41) is 24.4. The van der Waals surface area contributed by atoms with Crippen molar-refractivity contribution >= 4 is 34.1 Å². The maximum absolute atomic E-state index is 12.6. The van der Waals surface area contributed by atoms with Crippen LogP contribution in [0.15, 0.2) is 48.8 Å². The van der Waals surface area contributed by atoms with Gasteiger partial charge in [0.2, 0.25) is 0 Å². The summed E-state index contributed by atoms with van der Waals surface area (Å²) >= 11 is 0. The number of hydrogen-bond donors (Lipinski definition) is 2. The first-order valence-corrected chi connectivity index (χ1v) is 9.53. The SMILES string of the molecule is C#Cc1cccc(Nc2ncnc3ccc(NC(=O)N(CCC#N)CCC#N)cc23)c1. The molecule has 8 heteroatoms. The van der Waals surface area contributed by atoms with Crippen LogP contribution in [0.1, 0.15) is 18.4 Å². The summed E-state index contributed by atoms with van der Waals surface area (Å²) in [5.41, 5.74) is 2.77. The van der Waals surface area contributed by atoms with E-state index in [2.05, 4.69) is 26.5 Å². The number of carbonyl (C=O) groups is 1. The number of hydrogen-bond acceptors (Lipinski definition) is 6. The third-order valence-electron chi connectivity index (χ3n) is 4.45. The van der Waals surface area contributed by atoms with Crippen LogP contribution in [0.5, 0.6) is 0 Å². The van der Waals surface area contributed by atoms with E-state index >= 15 is 0 Å². The van der Waals surface area contributed by atoms with Gasteiger partial charge in [-0.2, -0.15) is 10.5 Å². The lowest BCUT2D eigenvalue weighted by molar-refractivity contribution is 0.214. The van der Waals surface area contributed by atoms with Crippen LogP contribution in [0.4, 0.5) is 22.0 Å². The largest absolute Gasteiger partial charge is 0.340 e. The molecule has 0 aliphatic rings. The van der Waals surface area contributed by atoms with Crippen molar-refractivity contribution in [1.29, 1.82) is 10.5 Å². The molecule has 0 saturated carbocycles. The summed E-state index contributed by atoms with van der Waals surface area (Å²) in [6.07, 6.45) is 7.31. The number of nitriles is 2. The van der Waals surface area contributed by atoms with Crippen LogP contribution in [0.2, 0.25) is 0 Å². The maximum Gasteiger partial charge on any atom is 0.321 e. The first kappa shape index (κ1) is 21.1. The molecule has 8 nitrogen and oxygen atoms in total. The second-order valence-corrected chi connectivity index (χ2v) is 6.54.